The number of piperidine rings is 1. The van der Waals surface area contributed by atoms with Gasteiger partial charge in [0.2, 0.25) is 0 Å². The van der Waals surface area contributed by atoms with E-state index in [2.05, 4.69) is 48.4 Å². The maximum atomic E-state index is 10.5. The monoisotopic (exact) mass is 394 g/mol. The topological polar surface area (TPSA) is 66.5 Å². The van der Waals surface area contributed by atoms with Crippen LogP contribution < -0.4 is 14.8 Å². The Kier molecular flexibility index (Phi) is 5.52. The Balaban J connectivity index is 1.84. The Morgan fingerprint density at radius 3 is 2.52 bits per heavy atom. The molecule has 0 aliphatic carbocycles. The number of ether oxygens (including phenoxy) is 2. The van der Waals surface area contributed by atoms with Crippen molar-refractivity contribution in [2.45, 2.75) is 38.2 Å². The Bertz CT molecular complexity index is 1010. The van der Waals surface area contributed by atoms with Crippen LogP contribution in [0.3, 0.4) is 0 Å². The molecule has 1 saturated heterocycles. The molecule has 2 unspecified atom stereocenters. The minimum absolute atomic E-state index is 0.181. The van der Waals surface area contributed by atoms with E-state index in [1.807, 2.05) is 12.1 Å². The van der Waals surface area contributed by atoms with E-state index in [9.17, 15) is 5.11 Å². The van der Waals surface area contributed by atoms with E-state index in [4.69, 9.17) is 9.47 Å². The van der Waals surface area contributed by atoms with E-state index in [1.165, 1.54) is 16.5 Å². The molecule has 2 atom stereocenters. The predicted molar refractivity (Wildman–Crippen MR) is 117 cm³/mol. The number of rotatable bonds is 5. The van der Waals surface area contributed by atoms with Crippen LogP contribution in [0.25, 0.3) is 22.2 Å². The summed E-state index contributed by atoms with van der Waals surface area (Å²) in [5.41, 5.74) is 5.80. The number of aliphatic hydroxyl groups is 1. The highest BCUT2D eigenvalue weighted by molar-refractivity contribution is 5.92. The number of aromatic amines is 1. The Hall–Kier alpha value is -2.50. The van der Waals surface area contributed by atoms with Gasteiger partial charge in [0, 0.05) is 28.9 Å². The highest BCUT2D eigenvalue weighted by Crippen LogP contribution is 2.40. The molecule has 0 bridgehead atoms. The smallest absolute Gasteiger partial charge is 0.161 e. The fraction of sp³-hybridized carbons (Fsp3) is 0.417. The molecule has 2 heterocycles. The Morgan fingerprint density at radius 1 is 1.03 bits per heavy atom. The van der Waals surface area contributed by atoms with Gasteiger partial charge in [-0.1, -0.05) is 19.9 Å². The lowest BCUT2D eigenvalue weighted by Crippen LogP contribution is -2.39. The first kappa shape index (κ1) is 19.8. The number of fused-ring (bicyclic) bond motifs is 1. The lowest BCUT2D eigenvalue weighted by Gasteiger charge is -2.28. The van der Waals surface area contributed by atoms with E-state index in [0.29, 0.717) is 12.5 Å². The quantitative estimate of drug-likeness (QED) is 0.600. The zero-order valence-corrected chi connectivity index (χ0v) is 17.6. The maximum absolute atomic E-state index is 10.5. The molecule has 0 spiro atoms. The summed E-state index contributed by atoms with van der Waals surface area (Å²) in [5, 5.41) is 15.0. The molecule has 4 rings (SSSR count). The number of H-pyrrole nitrogens is 1. The van der Waals surface area contributed by atoms with Gasteiger partial charge in [0.25, 0.3) is 0 Å². The molecule has 0 radical (unpaired) electrons. The third-order valence-corrected chi connectivity index (χ3v) is 5.99. The van der Waals surface area contributed by atoms with Gasteiger partial charge in [0.05, 0.1) is 26.0 Å². The zero-order valence-electron chi connectivity index (χ0n) is 17.6. The Labute approximate surface area is 172 Å². The van der Waals surface area contributed by atoms with E-state index >= 15 is 0 Å². The number of benzene rings is 2. The van der Waals surface area contributed by atoms with Crippen molar-refractivity contribution in [1.29, 1.82) is 0 Å². The fourth-order valence-corrected chi connectivity index (χ4v) is 4.51. The number of aliphatic hydroxyl groups excluding tert-OH is 1. The van der Waals surface area contributed by atoms with Crippen LogP contribution in [-0.4, -0.2) is 43.5 Å². The second kappa shape index (κ2) is 8.09. The maximum Gasteiger partial charge on any atom is 0.161 e. The van der Waals surface area contributed by atoms with Crippen molar-refractivity contribution in [3.05, 3.63) is 47.5 Å². The van der Waals surface area contributed by atoms with Crippen molar-refractivity contribution in [3.8, 4) is 22.8 Å². The molecule has 1 aromatic heterocycles. The number of nitrogens with one attached hydrogen (secondary N) is 2. The van der Waals surface area contributed by atoms with E-state index in [1.54, 1.807) is 14.2 Å². The molecule has 1 aliphatic heterocycles. The SMILES string of the molecule is COc1ccc(-c2[nH]c3ccc(C4CCNCC4O)cc3c2C(C)C)cc1OC. The van der Waals surface area contributed by atoms with Crippen molar-refractivity contribution < 1.29 is 14.6 Å². The van der Waals surface area contributed by atoms with E-state index < -0.39 is 0 Å². The van der Waals surface area contributed by atoms with Gasteiger partial charge in [-0.25, -0.2) is 0 Å². The summed E-state index contributed by atoms with van der Waals surface area (Å²) >= 11 is 0. The van der Waals surface area contributed by atoms with Crippen molar-refractivity contribution in [2.75, 3.05) is 27.3 Å². The molecule has 2 aromatic carbocycles. The first-order valence-electron chi connectivity index (χ1n) is 10.3. The van der Waals surface area contributed by atoms with Gasteiger partial charge in [-0.2, -0.15) is 0 Å². The average molecular weight is 395 g/mol. The normalized spacial score (nSPS) is 19.7. The van der Waals surface area contributed by atoms with Crippen LogP contribution in [0.4, 0.5) is 0 Å². The lowest BCUT2D eigenvalue weighted by atomic mass is 9.86. The van der Waals surface area contributed by atoms with Gasteiger partial charge in [-0.15, -0.1) is 0 Å². The number of hydrogen-bond donors (Lipinski definition) is 3. The molecular weight excluding hydrogens is 364 g/mol. The summed E-state index contributed by atoms with van der Waals surface area (Å²) in [6.45, 7) is 6.04. The van der Waals surface area contributed by atoms with E-state index in [-0.39, 0.29) is 12.0 Å². The molecule has 3 aromatic rings. The van der Waals surface area contributed by atoms with Gasteiger partial charge in [-0.05, 0) is 60.3 Å². The van der Waals surface area contributed by atoms with Gasteiger partial charge in [0.15, 0.2) is 11.5 Å². The highest BCUT2D eigenvalue weighted by atomic mass is 16.5. The van der Waals surface area contributed by atoms with Gasteiger partial charge in [0.1, 0.15) is 0 Å². The average Bonchev–Trinajstić information content (AvgIpc) is 3.12. The molecule has 154 valence electrons. The third kappa shape index (κ3) is 3.61. The first-order chi connectivity index (χ1) is 14.0. The summed E-state index contributed by atoms with van der Waals surface area (Å²) in [7, 11) is 3.31. The number of aromatic nitrogens is 1. The highest BCUT2D eigenvalue weighted by Gasteiger charge is 2.25. The number of hydrogen-bond acceptors (Lipinski definition) is 4. The fourth-order valence-electron chi connectivity index (χ4n) is 4.51. The second-order valence-electron chi connectivity index (χ2n) is 8.11. The molecule has 0 amide bonds. The first-order valence-corrected chi connectivity index (χ1v) is 10.3. The van der Waals surface area contributed by atoms with Gasteiger partial charge in [-0.3, -0.25) is 0 Å². The van der Waals surface area contributed by atoms with E-state index in [0.717, 1.165) is 41.2 Å². The van der Waals surface area contributed by atoms with Crippen LogP contribution in [0.1, 0.15) is 43.2 Å². The summed E-state index contributed by atoms with van der Waals surface area (Å²) in [6.07, 6.45) is 0.615. The third-order valence-electron chi connectivity index (χ3n) is 5.99. The van der Waals surface area contributed by atoms with Crippen molar-refractivity contribution in [3.63, 3.8) is 0 Å². The van der Waals surface area contributed by atoms with Crippen LogP contribution >= 0.6 is 0 Å². The van der Waals surface area contributed by atoms with Crippen LogP contribution in [0.2, 0.25) is 0 Å². The summed E-state index contributed by atoms with van der Waals surface area (Å²) < 4.78 is 10.9. The summed E-state index contributed by atoms with van der Waals surface area (Å²) in [4.78, 5) is 3.62. The number of methoxy groups -OCH3 is 2. The van der Waals surface area contributed by atoms with Gasteiger partial charge >= 0.3 is 0 Å². The van der Waals surface area contributed by atoms with Crippen LogP contribution in [0.5, 0.6) is 11.5 Å². The summed E-state index contributed by atoms with van der Waals surface area (Å²) in [6, 6.07) is 12.6. The van der Waals surface area contributed by atoms with Crippen LogP contribution in [0, 0.1) is 0 Å². The predicted octanol–water partition coefficient (Wildman–Crippen LogP) is 4.41. The van der Waals surface area contributed by atoms with Gasteiger partial charge < -0.3 is 24.9 Å². The minimum Gasteiger partial charge on any atom is -0.493 e. The molecule has 1 fully saturated rings. The second-order valence-corrected chi connectivity index (χ2v) is 8.11. The summed E-state index contributed by atoms with van der Waals surface area (Å²) in [5.74, 6) is 1.97. The molecule has 5 nitrogen and oxygen atoms in total. The van der Waals surface area contributed by atoms with Crippen LogP contribution in [-0.2, 0) is 0 Å². The Morgan fingerprint density at radius 2 is 1.83 bits per heavy atom. The van der Waals surface area contributed by atoms with Crippen molar-refractivity contribution >= 4 is 10.9 Å². The molecule has 0 saturated carbocycles. The number of β-amino-alcohol motifs (C(OH)–C–C–N with tert-alkyl or cyclic N) is 1. The molecule has 5 heteroatoms. The molecule has 3 N–H and O–H groups in total. The minimum atomic E-state index is -0.340. The van der Waals surface area contributed by atoms with Crippen molar-refractivity contribution in [1.82, 2.24) is 10.3 Å². The van der Waals surface area contributed by atoms with Crippen LogP contribution in [0.15, 0.2) is 36.4 Å². The lowest BCUT2D eigenvalue weighted by molar-refractivity contribution is 0.118. The van der Waals surface area contributed by atoms with Crippen molar-refractivity contribution in [2.24, 2.45) is 0 Å². The standard InChI is InChI=1S/C24H30N2O3/c1-14(2)23-18-11-15(17-9-10-25-13-20(17)27)5-7-19(18)26-24(23)16-6-8-21(28-3)22(12-16)29-4/h5-8,11-12,14,17,20,25-27H,9-10,13H2,1-4H3. The molecular formula is C24H30N2O3. The molecule has 1 aliphatic rings. The molecule has 29 heavy (non-hydrogen) atoms. The largest absolute Gasteiger partial charge is 0.493 e. The zero-order chi connectivity index (χ0) is 20.5.